The zero-order valence-electron chi connectivity index (χ0n) is 9.85. The molecule has 0 unspecified atom stereocenters. The third-order valence-corrected chi connectivity index (χ3v) is 3.12. The molecule has 4 heteroatoms. The maximum absolute atomic E-state index is 6.37. The van der Waals surface area contributed by atoms with Crippen molar-refractivity contribution in [2.45, 2.75) is 0 Å². The summed E-state index contributed by atoms with van der Waals surface area (Å²) < 4.78 is 0. The molecule has 0 atom stereocenters. The van der Waals surface area contributed by atoms with Gasteiger partial charge in [-0.2, -0.15) is 0 Å². The van der Waals surface area contributed by atoms with E-state index < -0.39 is 0 Å². The number of halogens is 1. The maximum atomic E-state index is 6.37. The second-order valence-electron chi connectivity index (χ2n) is 3.94. The molecule has 0 fully saturated rings. The molecule has 2 aromatic carbocycles. The van der Waals surface area contributed by atoms with Crippen LogP contribution in [-0.4, -0.2) is 5.10 Å². The molecule has 0 bridgehead atoms. The molecule has 0 saturated carbocycles. The summed E-state index contributed by atoms with van der Waals surface area (Å²) in [4.78, 5) is 0. The molecule has 3 rings (SSSR count). The van der Waals surface area contributed by atoms with Gasteiger partial charge < -0.3 is 10.2 Å². The van der Waals surface area contributed by atoms with Gasteiger partial charge in [0.25, 0.3) is 0 Å². The van der Waals surface area contributed by atoms with Crippen LogP contribution in [0.25, 0.3) is 22.5 Å². The van der Waals surface area contributed by atoms with Gasteiger partial charge in [0.1, 0.15) is 0 Å². The summed E-state index contributed by atoms with van der Waals surface area (Å²) in [7, 11) is 0. The van der Waals surface area contributed by atoms with Gasteiger partial charge in [-0.15, -0.1) is 0 Å². The van der Waals surface area contributed by atoms with E-state index in [4.69, 9.17) is 11.6 Å². The van der Waals surface area contributed by atoms with E-state index in [1.165, 1.54) is 0 Å². The molecule has 3 aromatic rings. The molecular formula is C15H10AgClN2. The van der Waals surface area contributed by atoms with E-state index in [1.807, 2.05) is 60.7 Å². The first-order valence-electron chi connectivity index (χ1n) is 5.66. The first kappa shape index (κ1) is 14.1. The zero-order chi connectivity index (χ0) is 12.4. The quantitative estimate of drug-likeness (QED) is 0.645. The molecule has 0 spiro atoms. The molecule has 0 aliphatic heterocycles. The van der Waals surface area contributed by atoms with Gasteiger partial charge in [-0.05, 0) is 11.1 Å². The second kappa shape index (κ2) is 6.22. The number of hydrogen-bond donors (Lipinski definition) is 0. The Morgan fingerprint density at radius 3 is 1.89 bits per heavy atom. The van der Waals surface area contributed by atoms with Crippen molar-refractivity contribution in [3.8, 4) is 22.5 Å². The van der Waals surface area contributed by atoms with Crippen LogP contribution in [0.3, 0.4) is 0 Å². The fourth-order valence-corrected chi connectivity index (χ4v) is 2.15. The van der Waals surface area contributed by atoms with E-state index in [-0.39, 0.29) is 22.4 Å². The third-order valence-electron chi connectivity index (χ3n) is 2.76. The standard InChI is InChI=1S/C15H10ClN2.Ag/c16-13-14(11-7-3-1-4-8-11)17-18-15(13)12-9-5-2-6-10-12;/h1-10H;/q-1;+1. The molecule has 0 amide bonds. The Labute approximate surface area is 132 Å². The molecule has 0 radical (unpaired) electrons. The van der Waals surface area contributed by atoms with Gasteiger partial charge in [-0.1, -0.05) is 78.0 Å². The Kier molecular flexibility index (Phi) is 4.61. The molecule has 1 heterocycles. The van der Waals surface area contributed by atoms with E-state index in [1.54, 1.807) is 0 Å². The van der Waals surface area contributed by atoms with Gasteiger partial charge in [0, 0.05) is 0 Å². The molecule has 0 N–H and O–H groups in total. The van der Waals surface area contributed by atoms with E-state index in [0.29, 0.717) is 5.02 Å². The van der Waals surface area contributed by atoms with Crippen molar-refractivity contribution in [2.75, 3.05) is 0 Å². The van der Waals surface area contributed by atoms with Gasteiger partial charge in [-0.25, -0.2) is 0 Å². The average Bonchev–Trinajstić information content (AvgIpc) is 2.83. The largest absolute Gasteiger partial charge is 1.00 e. The molecular weight excluding hydrogens is 351 g/mol. The Hall–Kier alpha value is -1.32. The third kappa shape index (κ3) is 2.82. The van der Waals surface area contributed by atoms with E-state index in [0.717, 1.165) is 22.5 Å². The normalized spacial score (nSPS) is 9.95. The second-order valence-corrected chi connectivity index (χ2v) is 4.32. The average molecular weight is 362 g/mol. The van der Waals surface area contributed by atoms with Crippen LogP contribution in [0.4, 0.5) is 0 Å². The van der Waals surface area contributed by atoms with Gasteiger partial charge in [0.2, 0.25) is 0 Å². The van der Waals surface area contributed by atoms with E-state index in [2.05, 4.69) is 10.2 Å². The number of aromatic nitrogens is 2. The fourth-order valence-electron chi connectivity index (χ4n) is 1.86. The summed E-state index contributed by atoms with van der Waals surface area (Å²) >= 11 is 6.37. The summed E-state index contributed by atoms with van der Waals surface area (Å²) in [6.07, 6.45) is 0. The van der Waals surface area contributed by atoms with Crippen molar-refractivity contribution in [3.63, 3.8) is 0 Å². The van der Waals surface area contributed by atoms with Crippen molar-refractivity contribution in [1.82, 2.24) is 10.2 Å². The van der Waals surface area contributed by atoms with Crippen molar-refractivity contribution in [3.05, 3.63) is 65.7 Å². The first-order chi connectivity index (χ1) is 8.86. The zero-order valence-corrected chi connectivity index (χ0v) is 12.1. The summed E-state index contributed by atoms with van der Waals surface area (Å²) in [5.74, 6) is 0. The van der Waals surface area contributed by atoms with Crippen LogP contribution in [0.15, 0.2) is 60.7 Å². The van der Waals surface area contributed by atoms with Crippen LogP contribution >= 0.6 is 11.6 Å². The molecule has 19 heavy (non-hydrogen) atoms. The van der Waals surface area contributed by atoms with Gasteiger partial charge in [-0.3, -0.25) is 0 Å². The van der Waals surface area contributed by atoms with E-state index in [9.17, 15) is 0 Å². The summed E-state index contributed by atoms with van der Waals surface area (Å²) in [5, 5.41) is 8.96. The van der Waals surface area contributed by atoms with Crippen LogP contribution < -0.4 is 5.10 Å². The predicted molar refractivity (Wildman–Crippen MR) is 73.4 cm³/mol. The minimum atomic E-state index is 0. The number of hydrogen-bond acceptors (Lipinski definition) is 1. The van der Waals surface area contributed by atoms with E-state index >= 15 is 0 Å². The van der Waals surface area contributed by atoms with Crippen molar-refractivity contribution < 1.29 is 22.4 Å². The van der Waals surface area contributed by atoms with Gasteiger partial charge in [0.05, 0.1) is 10.7 Å². The Bertz CT molecular complexity index is 593. The molecule has 0 saturated heterocycles. The van der Waals surface area contributed by atoms with Gasteiger partial charge in [0.15, 0.2) is 0 Å². The van der Waals surface area contributed by atoms with Crippen molar-refractivity contribution in [2.24, 2.45) is 0 Å². The Morgan fingerprint density at radius 2 is 1.32 bits per heavy atom. The molecule has 0 aliphatic rings. The number of rotatable bonds is 2. The monoisotopic (exact) mass is 360 g/mol. The Morgan fingerprint density at radius 1 is 0.789 bits per heavy atom. The van der Waals surface area contributed by atoms with Crippen LogP contribution in [0, 0.1) is 0 Å². The molecule has 2 nitrogen and oxygen atoms in total. The van der Waals surface area contributed by atoms with Crippen LogP contribution in [0.2, 0.25) is 5.02 Å². The number of nitrogens with zero attached hydrogens (tertiary/aromatic N) is 2. The minimum Gasteiger partial charge on any atom is -0.573 e. The summed E-state index contributed by atoms with van der Waals surface area (Å²) in [6.45, 7) is 0. The van der Waals surface area contributed by atoms with Crippen LogP contribution in [-0.2, 0) is 22.4 Å². The summed E-state index contributed by atoms with van der Waals surface area (Å²) in [5.41, 5.74) is 3.43. The maximum Gasteiger partial charge on any atom is 1.00 e. The van der Waals surface area contributed by atoms with Crippen LogP contribution in [0.1, 0.15) is 0 Å². The van der Waals surface area contributed by atoms with Crippen molar-refractivity contribution in [1.29, 1.82) is 0 Å². The SMILES string of the molecule is Clc1c(-c2ccccc2)n[n-]c1-c1ccccc1.[Ag+]. The Balaban J connectivity index is 0.00000133. The topological polar surface area (TPSA) is 27.0 Å². The number of benzene rings is 2. The van der Waals surface area contributed by atoms with Crippen LogP contribution in [0.5, 0.6) is 0 Å². The molecule has 0 aliphatic carbocycles. The summed E-state index contributed by atoms with van der Waals surface area (Å²) in [6, 6.07) is 19.7. The predicted octanol–water partition coefficient (Wildman–Crippen LogP) is 4.02. The molecule has 1 aromatic heterocycles. The van der Waals surface area contributed by atoms with Gasteiger partial charge >= 0.3 is 22.4 Å². The first-order valence-corrected chi connectivity index (χ1v) is 6.04. The minimum absolute atomic E-state index is 0. The van der Waals surface area contributed by atoms with Crippen molar-refractivity contribution >= 4 is 11.6 Å². The smallest absolute Gasteiger partial charge is 0.573 e. The fraction of sp³-hybridized carbons (Fsp3) is 0. The molecule has 98 valence electrons.